The Hall–Kier alpha value is -2.72. The van der Waals surface area contributed by atoms with Gasteiger partial charge in [-0.25, -0.2) is 0 Å². The smallest absolute Gasteiger partial charge is 0.229 e. The molecule has 2 aliphatic heterocycles. The van der Waals surface area contributed by atoms with E-state index in [9.17, 15) is 40.9 Å². The molecule has 2 aromatic rings. The van der Waals surface area contributed by atoms with Crippen molar-refractivity contribution in [3.63, 3.8) is 0 Å². The van der Waals surface area contributed by atoms with Crippen LogP contribution in [0.4, 0.5) is 0 Å². The first-order valence-electron chi connectivity index (χ1n) is 12.2. The van der Waals surface area contributed by atoms with Gasteiger partial charge in [0.05, 0.1) is 34.0 Å². The van der Waals surface area contributed by atoms with E-state index in [1.807, 2.05) is 0 Å². The summed E-state index contributed by atoms with van der Waals surface area (Å²) in [6.45, 7) is -1.79. The van der Waals surface area contributed by atoms with Crippen molar-refractivity contribution in [3.8, 4) is 23.0 Å². The first-order valence-corrected chi connectivity index (χ1v) is 12.2. The molecule has 2 heterocycles. The molecule has 216 valence electrons. The van der Waals surface area contributed by atoms with Crippen LogP contribution < -0.4 is 14.2 Å². The quantitative estimate of drug-likeness (QED) is 0.175. The van der Waals surface area contributed by atoms with Crippen molar-refractivity contribution in [2.45, 2.75) is 54.4 Å². The van der Waals surface area contributed by atoms with Crippen molar-refractivity contribution >= 4 is 0 Å². The van der Waals surface area contributed by atoms with Gasteiger partial charge in [-0.3, -0.25) is 0 Å². The van der Waals surface area contributed by atoms with Crippen LogP contribution in [0.15, 0.2) is 36.4 Å². The van der Waals surface area contributed by atoms with Crippen molar-refractivity contribution in [2.75, 3.05) is 34.0 Å². The third kappa shape index (κ3) is 5.25. The third-order valence-electron chi connectivity index (χ3n) is 7.29. The zero-order valence-corrected chi connectivity index (χ0v) is 21.4. The van der Waals surface area contributed by atoms with E-state index in [4.69, 9.17) is 23.7 Å². The molecule has 0 bridgehead atoms. The van der Waals surface area contributed by atoms with E-state index >= 15 is 0 Å². The standard InChI is InChI=1S/C26H34O13/c1-35-17-8-14(4-5-15(17)29)23-26(34,11-28)25(33,12-37-23)9-13-3-6-16(18(7-13)36-2)38-24-22(32)21(31)20(30)19(10-27)39-24/h3-8,19-24,27-34H,9-12H2,1-2H3. The Labute approximate surface area is 224 Å². The monoisotopic (exact) mass is 554 g/mol. The number of aliphatic hydroxyl groups is 7. The molecule has 2 aromatic carbocycles. The Morgan fingerprint density at radius 3 is 2.26 bits per heavy atom. The first kappa shape index (κ1) is 29.3. The molecular formula is C26H34O13. The predicted molar refractivity (Wildman–Crippen MR) is 131 cm³/mol. The molecule has 2 fully saturated rings. The zero-order valence-electron chi connectivity index (χ0n) is 21.4. The molecule has 0 aromatic heterocycles. The minimum Gasteiger partial charge on any atom is -0.504 e. The molecule has 13 heteroatoms. The molecule has 0 saturated carbocycles. The minimum atomic E-state index is -2.13. The first-order chi connectivity index (χ1) is 18.5. The molecular weight excluding hydrogens is 520 g/mol. The molecule has 0 radical (unpaired) electrons. The maximum atomic E-state index is 11.5. The average molecular weight is 555 g/mol. The summed E-state index contributed by atoms with van der Waals surface area (Å²) in [4.78, 5) is 0. The van der Waals surface area contributed by atoms with Crippen molar-refractivity contribution < 1.29 is 64.5 Å². The van der Waals surface area contributed by atoms with E-state index in [-0.39, 0.29) is 36.0 Å². The largest absolute Gasteiger partial charge is 0.504 e. The minimum absolute atomic E-state index is 0.0896. The van der Waals surface area contributed by atoms with Gasteiger partial charge in [0.25, 0.3) is 0 Å². The van der Waals surface area contributed by atoms with E-state index in [0.29, 0.717) is 11.1 Å². The van der Waals surface area contributed by atoms with E-state index < -0.39 is 61.2 Å². The highest BCUT2D eigenvalue weighted by molar-refractivity contribution is 5.45. The number of aliphatic hydroxyl groups excluding tert-OH is 5. The fourth-order valence-electron chi connectivity index (χ4n) is 4.94. The maximum absolute atomic E-state index is 11.5. The van der Waals surface area contributed by atoms with Gasteiger partial charge in [-0.05, 0) is 35.4 Å². The molecule has 0 spiro atoms. The van der Waals surface area contributed by atoms with Gasteiger partial charge in [0.15, 0.2) is 23.0 Å². The van der Waals surface area contributed by atoms with Gasteiger partial charge in [-0.15, -0.1) is 0 Å². The van der Waals surface area contributed by atoms with Gasteiger partial charge < -0.3 is 64.5 Å². The molecule has 0 aliphatic carbocycles. The molecule has 2 saturated heterocycles. The highest BCUT2D eigenvalue weighted by atomic mass is 16.7. The van der Waals surface area contributed by atoms with Gasteiger partial charge in [0.2, 0.25) is 6.29 Å². The number of benzene rings is 2. The number of methoxy groups -OCH3 is 2. The number of phenolic OH excluding ortho intramolecular Hbond substituents is 1. The van der Waals surface area contributed by atoms with E-state index in [2.05, 4.69) is 0 Å². The molecule has 0 amide bonds. The molecule has 8 unspecified atom stereocenters. The number of phenols is 1. The van der Waals surface area contributed by atoms with Crippen LogP contribution in [-0.4, -0.2) is 117 Å². The number of aromatic hydroxyl groups is 1. The molecule has 8 atom stereocenters. The topological polar surface area (TPSA) is 208 Å². The zero-order chi connectivity index (χ0) is 28.5. The summed E-state index contributed by atoms with van der Waals surface area (Å²) < 4.78 is 27.3. The van der Waals surface area contributed by atoms with Crippen molar-refractivity contribution in [1.29, 1.82) is 0 Å². The second-order valence-corrected chi connectivity index (χ2v) is 9.71. The van der Waals surface area contributed by atoms with Crippen LogP contribution in [0.25, 0.3) is 0 Å². The summed E-state index contributed by atoms with van der Waals surface area (Å²) >= 11 is 0. The lowest BCUT2D eigenvalue weighted by Crippen LogP contribution is -2.60. The predicted octanol–water partition coefficient (Wildman–Crippen LogP) is -1.64. The normalized spacial score (nSPS) is 34.6. The van der Waals surface area contributed by atoms with Crippen molar-refractivity contribution in [2.24, 2.45) is 0 Å². The number of ether oxygens (including phenoxy) is 5. The van der Waals surface area contributed by atoms with Crippen LogP contribution in [0.5, 0.6) is 23.0 Å². The van der Waals surface area contributed by atoms with E-state index in [1.165, 1.54) is 44.6 Å². The maximum Gasteiger partial charge on any atom is 0.229 e. The van der Waals surface area contributed by atoms with E-state index in [0.717, 1.165) is 0 Å². The number of rotatable bonds is 9. The van der Waals surface area contributed by atoms with Gasteiger partial charge >= 0.3 is 0 Å². The number of hydrogen-bond acceptors (Lipinski definition) is 13. The summed E-state index contributed by atoms with van der Waals surface area (Å²) in [5.74, 6) is 0.248. The lowest BCUT2D eigenvalue weighted by molar-refractivity contribution is -0.277. The lowest BCUT2D eigenvalue weighted by atomic mass is 9.76. The second-order valence-electron chi connectivity index (χ2n) is 9.71. The van der Waals surface area contributed by atoms with Crippen LogP contribution in [-0.2, 0) is 15.9 Å². The van der Waals surface area contributed by atoms with Crippen molar-refractivity contribution in [1.82, 2.24) is 0 Å². The Morgan fingerprint density at radius 1 is 0.897 bits per heavy atom. The van der Waals surface area contributed by atoms with Crippen molar-refractivity contribution in [3.05, 3.63) is 47.5 Å². The van der Waals surface area contributed by atoms with Gasteiger partial charge in [0, 0.05) is 6.42 Å². The summed E-state index contributed by atoms with van der Waals surface area (Å²) in [6, 6.07) is 8.80. The molecule has 8 N–H and O–H groups in total. The van der Waals surface area contributed by atoms with Gasteiger partial charge in [-0.2, -0.15) is 0 Å². The summed E-state index contributed by atoms with van der Waals surface area (Å²) in [5, 5.41) is 82.7. The molecule has 13 nitrogen and oxygen atoms in total. The Morgan fingerprint density at radius 2 is 1.62 bits per heavy atom. The Bertz CT molecular complexity index is 1140. The van der Waals surface area contributed by atoms with Crippen LogP contribution in [0.3, 0.4) is 0 Å². The van der Waals surface area contributed by atoms with Gasteiger partial charge in [-0.1, -0.05) is 12.1 Å². The molecule has 4 rings (SSSR count). The van der Waals surface area contributed by atoms with Crippen LogP contribution >= 0.6 is 0 Å². The van der Waals surface area contributed by atoms with Crippen LogP contribution in [0.2, 0.25) is 0 Å². The summed E-state index contributed by atoms with van der Waals surface area (Å²) in [7, 11) is 2.71. The summed E-state index contributed by atoms with van der Waals surface area (Å²) in [5.41, 5.74) is -3.23. The molecule has 2 aliphatic rings. The Balaban J connectivity index is 1.56. The highest BCUT2D eigenvalue weighted by Crippen LogP contribution is 2.47. The van der Waals surface area contributed by atoms with E-state index in [1.54, 1.807) is 6.07 Å². The fourth-order valence-corrected chi connectivity index (χ4v) is 4.94. The van der Waals surface area contributed by atoms with Crippen LogP contribution in [0.1, 0.15) is 17.2 Å². The lowest BCUT2D eigenvalue weighted by Gasteiger charge is -2.39. The van der Waals surface area contributed by atoms with Crippen LogP contribution in [0, 0.1) is 0 Å². The number of hydrogen-bond donors (Lipinski definition) is 8. The third-order valence-corrected chi connectivity index (χ3v) is 7.29. The average Bonchev–Trinajstić information content (AvgIpc) is 3.19. The second kappa shape index (κ2) is 11.4. The Kier molecular flexibility index (Phi) is 8.56. The van der Waals surface area contributed by atoms with Gasteiger partial charge in [0.1, 0.15) is 41.7 Å². The summed E-state index contributed by atoms with van der Waals surface area (Å²) in [6.07, 6.45) is -8.70. The fraction of sp³-hybridized carbons (Fsp3) is 0.538. The SMILES string of the molecule is COc1cc(C2OCC(O)(Cc3ccc(OC4OC(CO)C(O)C(O)C4O)c(OC)c3)C2(O)CO)ccc1O. The highest BCUT2D eigenvalue weighted by Gasteiger charge is 2.60. The molecule has 39 heavy (non-hydrogen) atoms.